The molecule has 2 rings (SSSR count). The van der Waals surface area contributed by atoms with Crippen LogP contribution in [0.15, 0.2) is 21.5 Å². The molecule has 1 saturated carbocycles. The number of hydrogen-bond donors (Lipinski definition) is 2. The average molecular weight is 334 g/mol. The summed E-state index contributed by atoms with van der Waals surface area (Å²) in [5, 5.41) is 9.14. The highest BCUT2D eigenvalue weighted by Crippen LogP contribution is 2.32. The first kappa shape index (κ1) is 14.0. The summed E-state index contributed by atoms with van der Waals surface area (Å²) < 4.78 is 27.9. The van der Waals surface area contributed by atoms with E-state index in [9.17, 15) is 8.42 Å². The van der Waals surface area contributed by atoms with Crippen molar-refractivity contribution in [2.45, 2.75) is 37.8 Å². The van der Waals surface area contributed by atoms with Crippen molar-refractivity contribution < 1.29 is 13.5 Å². The van der Waals surface area contributed by atoms with Crippen LogP contribution in [-0.2, 0) is 16.6 Å². The van der Waals surface area contributed by atoms with Crippen molar-refractivity contribution in [3.63, 3.8) is 0 Å². The highest BCUT2D eigenvalue weighted by Gasteiger charge is 2.37. The molecule has 6 heteroatoms. The van der Waals surface area contributed by atoms with Gasteiger partial charge in [-0.2, -0.15) is 0 Å². The third kappa shape index (κ3) is 2.77. The van der Waals surface area contributed by atoms with Gasteiger partial charge in [-0.25, -0.2) is 13.1 Å². The Labute approximate surface area is 116 Å². The number of hydrogen-bond acceptors (Lipinski definition) is 3. The summed E-state index contributed by atoms with van der Waals surface area (Å²) >= 11 is 3.32. The van der Waals surface area contributed by atoms with Gasteiger partial charge in [0.05, 0.1) is 11.5 Å². The quantitative estimate of drug-likeness (QED) is 0.884. The van der Waals surface area contributed by atoms with E-state index in [1.165, 1.54) is 6.07 Å². The Hall–Kier alpha value is -0.430. The lowest BCUT2D eigenvalue weighted by Crippen LogP contribution is -2.27. The molecule has 2 N–H and O–H groups in total. The number of sulfonamides is 1. The third-order valence-electron chi connectivity index (χ3n) is 3.24. The largest absolute Gasteiger partial charge is 0.392 e. The minimum Gasteiger partial charge on any atom is -0.392 e. The summed E-state index contributed by atoms with van der Waals surface area (Å²) in [6.45, 7) is 3.58. The second kappa shape index (κ2) is 4.92. The number of aliphatic hydroxyl groups is 1. The molecule has 0 saturated heterocycles. The van der Waals surface area contributed by atoms with Crippen molar-refractivity contribution in [1.29, 1.82) is 0 Å². The molecule has 4 nitrogen and oxygen atoms in total. The van der Waals surface area contributed by atoms with Crippen LogP contribution >= 0.6 is 15.9 Å². The van der Waals surface area contributed by atoms with E-state index in [1.807, 2.05) is 6.92 Å². The molecule has 0 aliphatic heterocycles. The van der Waals surface area contributed by atoms with Gasteiger partial charge >= 0.3 is 0 Å². The minimum absolute atomic E-state index is 0.0472. The van der Waals surface area contributed by atoms with Crippen molar-refractivity contribution in [3.05, 3.63) is 27.7 Å². The molecule has 18 heavy (non-hydrogen) atoms. The molecule has 1 aromatic carbocycles. The van der Waals surface area contributed by atoms with E-state index < -0.39 is 10.0 Å². The van der Waals surface area contributed by atoms with Crippen LogP contribution in [0.2, 0.25) is 0 Å². The zero-order chi connectivity index (χ0) is 13.5. The van der Waals surface area contributed by atoms with Crippen LogP contribution in [0.5, 0.6) is 0 Å². The third-order valence-corrected chi connectivity index (χ3v) is 5.68. The van der Waals surface area contributed by atoms with E-state index in [2.05, 4.69) is 20.7 Å². The lowest BCUT2D eigenvalue weighted by molar-refractivity contribution is 0.281. The molecule has 1 aliphatic rings. The topological polar surface area (TPSA) is 66.4 Å². The van der Waals surface area contributed by atoms with Gasteiger partial charge in [0.25, 0.3) is 0 Å². The van der Waals surface area contributed by atoms with Crippen molar-refractivity contribution in [2.75, 3.05) is 0 Å². The Morgan fingerprint density at radius 1 is 1.50 bits per heavy atom. The highest BCUT2D eigenvalue weighted by atomic mass is 79.9. The molecule has 100 valence electrons. The second-order valence-corrected chi connectivity index (χ2v) is 7.34. The van der Waals surface area contributed by atoms with Crippen LogP contribution in [0.4, 0.5) is 0 Å². The maximum atomic E-state index is 12.3. The van der Waals surface area contributed by atoms with Crippen LogP contribution in [0.25, 0.3) is 0 Å². The zero-order valence-corrected chi connectivity index (χ0v) is 12.7. The van der Waals surface area contributed by atoms with Gasteiger partial charge in [-0.3, -0.25) is 0 Å². The number of aliphatic hydroxyl groups excluding tert-OH is 1. The molecule has 1 fully saturated rings. The predicted octanol–water partition coefficient (Wildman–Crippen LogP) is 1.94. The van der Waals surface area contributed by atoms with Gasteiger partial charge in [-0.05, 0) is 42.5 Å². The summed E-state index contributed by atoms with van der Waals surface area (Å²) in [7, 11) is -3.51. The standard InChI is InChI=1S/C12H16BrNO3S/c1-7-3-11(7)14-18(16,17)12-5-9(6-15)4-10(13)8(12)2/h4-5,7,11,14-15H,3,6H2,1-2H3. The Kier molecular flexibility index (Phi) is 3.82. The van der Waals surface area contributed by atoms with Crippen LogP contribution in [0.1, 0.15) is 24.5 Å². The van der Waals surface area contributed by atoms with E-state index >= 15 is 0 Å². The maximum Gasteiger partial charge on any atom is 0.241 e. The van der Waals surface area contributed by atoms with Gasteiger partial charge in [0.15, 0.2) is 0 Å². The summed E-state index contributed by atoms with van der Waals surface area (Å²) in [6.07, 6.45) is 0.888. The molecular formula is C12H16BrNO3S. The van der Waals surface area contributed by atoms with Gasteiger partial charge in [0.1, 0.15) is 0 Å². The summed E-state index contributed by atoms with van der Waals surface area (Å²) in [4.78, 5) is 0.236. The molecular weight excluding hydrogens is 318 g/mol. The normalized spacial score (nSPS) is 23.1. The monoisotopic (exact) mass is 333 g/mol. The lowest BCUT2D eigenvalue weighted by atomic mass is 10.2. The van der Waals surface area contributed by atoms with Crippen LogP contribution in [0, 0.1) is 12.8 Å². The molecule has 0 spiro atoms. The van der Waals surface area contributed by atoms with E-state index in [4.69, 9.17) is 5.11 Å². The van der Waals surface area contributed by atoms with E-state index in [0.717, 1.165) is 6.42 Å². The van der Waals surface area contributed by atoms with E-state index in [1.54, 1.807) is 13.0 Å². The van der Waals surface area contributed by atoms with Crippen molar-refractivity contribution in [1.82, 2.24) is 4.72 Å². The number of halogens is 1. The zero-order valence-electron chi connectivity index (χ0n) is 10.3. The summed E-state index contributed by atoms with van der Waals surface area (Å²) in [5.41, 5.74) is 1.24. The predicted molar refractivity (Wildman–Crippen MR) is 72.7 cm³/mol. The molecule has 0 radical (unpaired) electrons. The van der Waals surface area contributed by atoms with Crippen LogP contribution in [-0.4, -0.2) is 19.6 Å². The Balaban J connectivity index is 2.39. The minimum atomic E-state index is -3.51. The van der Waals surface area contributed by atoms with Crippen LogP contribution < -0.4 is 4.72 Å². The molecule has 1 aliphatic carbocycles. The number of rotatable bonds is 4. The van der Waals surface area contributed by atoms with Gasteiger partial charge in [-0.1, -0.05) is 22.9 Å². The smallest absolute Gasteiger partial charge is 0.241 e. The Morgan fingerprint density at radius 3 is 2.61 bits per heavy atom. The molecule has 0 bridgehead atoms. The van der Waals surface area contributed by atoms with Crippen LogP contribution in [0.3, 0.4) is 0 Å². The number of nitrogens with one attached hydrogen (secondary N) is 1. The molecule has 1 aromatic rings. The number of benzene rings is 1. The second-order valence-electron chi connectivity index (χ2n) is 4.80. The summed E-state index contributed by atoms with van der Waals surface area (Å²) in [5.74, 6) is 0.407. The molecule has 0 heterocycles. The van der Waals surface area contributed by atoms with E-state index in [-0.39, 0.29) is 17.5 Å². The fourth-order valence-corrected chi connectivity index (χ4v) is 4.14. The van der Waals surface area contributed by atoms with Gasteiger partial charge in [-0.15, -0.1) is 0 Å². The lowest BCUT2D eigenvalue weighted by Gasteiger charge is -2.12. The van der Waals surface area contributed by atoms with Gasteiger partial charge in [0, 0.05) is 10.5 Å². The van der Waals surface area contributed by atoms with Crippen molar-refractivity contribution >= 4 is 26.0 Å². The molecule has 0 amide bonds. The van der Waals surface area contributed by atoms with Gasteiger partial charge < -0.3 is 5.11 Å². The highest BCUT2D eigenvalue weighted by molar-refractivity contribution is 9.10. The fourth-order valence-electron chi connectivity index (χ4n) is 1.83. The van der Waals surface area contributed by atoms with Crippen molar-refractivity contribution in [2.24, 2.45) is 5.92 Å². The SMILES string of the molecule is Cc1c(Br)cc(CO)cc1S(=O)(=O)NC1CC1C. The van der Waals surface area contributed by atoms with E-state index in [0.29, 0.717) is 21.5 Å². The summed E-state index contributed by atoms with van der Waals surface area (Å²) in [6, 6.07) is 3.30. The fraction of sp³-hybridized carbons (Fsp3) is 0.500. The molecule has 2 unspecified atom stereocenters. The van der Waals surface area contributed by atoms with Crippen molar-refractivity contribution in [3.8, 4) is 0 Å². The maximum absolute atomic E-state index is 12.3. The first-order valence-electron chi connectivity index (χ1n) is 5.77. The Morgan fingerprint density at radius 2 is 2.11 bits per heavy atom. The Bertz CT molecular complexity index is 571. The first-order valence-corrected chi connectivity index (χ1v) is 8.05. The molecule has 2 atom stereocenters. The molecule has 0 aromatic heterocycles. The average Bonchev–Trinajstić information content (AvgIpc) is 2.96. The van der Waals surface area contributed by atoms with Gasteiger partial charge in [0.2, 0.25) is 10.0 Å². The first-order chi connectivity index (χ1) is 8.35.